The average molecular weight is 376 g/mol. The van der Waals surface area contributed by atoms with E-state index in [1.807, 2.05) is 0 Å². The fraction of sp³-hybridized carbons (Fsp3) is 0.0952. The summed E-state index contributed by atoms with van der Waals surface area (Å²) in [6.45, 7) is 1.75. The smallest absolute Gasteiger partial charge is 0.344 e. The number of nitrogens with one attached hydrogen (secondary N) is 2. The Bertz CT molecular complexity index is 1350. The maximum atomic E-state index is 12.9. The number of aromatic amines is 1. The fourth-order valence-electron chi connectivity index (χ4n) is 3.29. The van der Waals surface area contributed by atoms with E-state index in [0.29, 0.717) is 16.5 Å². The number of H-pyrrole nitrogens is 1. The zero-order chi connectivity index (χ0) is 19.8. The highest BCUT2D eigenvalue weighted by molar-refractivity contribution is 6.11. The summed E-state index contributed by atoms with van der Waals surface area (Å²) in [5.74, 6) is -0.811. The summed E-state index contributed by atoms with van der Waals surface area (Å²) in [5.41, 5.74) is 0.275. The molecule has 0 spiro atoms. The van der Waals surface area contributed by atoms with Crippen LogP contribution in [0.2, 0.25) is 0 Å². The molecular weight excluding hydrogens is 360 g/mol. The lowest BCUT2D eigenvalue weighted by Gasteiger charge is -2.13. The number of phenolic OH excluding ortho intramolecular Hbond substituents is 1. The quantitative estimate of drug-likeness (QED) is 0.375. The molecular formula is C21H16N2O5. The molecule has 140 valence electrons. The molecule has 0 atom stereocenters. The minimum atomic E-state index is -0.774. The SMILES string of the molecule is CCOC(=O)c1c(-c2cccc(O)c2)c2c(=O)[nH]c3ccccc3c2oc1=N. The van der Waals surface area contributed by atoms with Crippen LogP contribution in [-0.4, -0.2) is 22.7 Å². The topological polar surface area (TPSA) is 116 Å². The number of hydrogen-bond donors (Lipinski definition) is 3. The van der Waals surface area contributed by atoms with E-state index in [9.17, 15) is 14.7 Å². The van der Waals surface area contributed by atoms with Crippen molar-refractivity contribution in [3.63, 3.8) is 0 Å². The molecule has 7 nitrogen and oxygen atoms in total. The van der Waals surface area contributed by atoms with Crippen LogP contribution < -0.4 is 11.1 Å². The van der Waals surface area contributed by atoms with Crippen LogP contribution >= 0.6 is 0 Å². The molecule has 0 bridgehead atoms. The third kappa shape index (κ3) is 2.73. The summed E-state index contributed by atoms with van der Waals surface area (Å²) in [6.07, 6.45) is 0. The van der Waals surface area contributed by atoms with Crippen LogP contribution in [0.5, 0.6) is 5.75 Å². The van der Waals surface area contributed by atoms with Gasteiger partial charge in [0.25, 0.3) is 5.56 Å². The van der Waals surface area contributed by atoms with E-state index in [4.69, 9.17) is 14.6 Å². The van der Waals surface area contributed by atoms with E-state index in [0.717, 1.165) is 0 Å². The Morgan fingerprint density at radius 1 is 1.21 bits per heavy atom. The number of rotatable bonds is 3. The van der Waals surface area contributed by atoms with Gasteiger partial charge in [0.1, 0.15) is 11.3 Å². The molecule has 0 aliphatic rings. The molecule has 7 heteroatoms. The first-order valence-corrected chi connectivity index (χ1v) is 8.64. The van der Waals surface area contributed by atoms with Crippen molar-refractivity contribution < 1.29 is 19.1 Å². The number of fused-ring (bicyclic) bond motifs is 3. The lowest BCUT2D eigenvalue weighted by Crippen LogP contribution is -2.21. The summed E-state index contributed by atoms with van der Waals surface area (Å²) in [4.78, 5) is 28.3. The van der Waals surface area contributed by atoms with Crippen molar-refractivity contribution in [1.82, 2.24) is 4.98 Å². The Labute approximate surface area is 158 Å². The molecule has 4 aromatic rings. The number of benzene rings is 2. The highest BCUT2D eigenvalue weighted by Gasteiger charge is 2.24. The molecule has 0 aliphatic carbocycles. The number of aromatic hydroxyl groups is 1. The van der Waals surface area contributed by atoms with Crippen molar-refractivity contribution in [2.75, 3.05) is 6.61 Å². The number of carbonyl (C=O) groups is 1. The molecule has 3 N–H and O–H groups in total. The highest BCUT2D eigenvalue weighted by Crippen LogP contribution is 2.33. The van der Waals surface area contributed by atoms with Gasteiger partial charge in [-0.1, -0.05) is 24.3 Å². The first-order chi connectivity index (χ1) is 13.5. The second-order valence-electron chi connectivity index (χ2n) is 6.16. The summed E-state index contributed by atoms with van der Waals surface area (Å²) in [5, 5.41) is 18.9. The van der Waals surface area contributed by atoms with Gasteiger partial charge in [0.05, 0.1) is 17.5 Å². The number of pyridine rings is 1. The first-order valence-electron chi connectivity index (χ1n) is 8.64. The molecule has 0 radical (unpaired) electrons. The third-order valence-electron chi connectivity index (χ3n) is 4.42. The van der Waals surface area contributed by atoms with Gasteiger partial charge in [-0.05, 0) is 36.8 Å². The highest BCUT2D eigenvalue weighted by atomic mass is 16.5. The molecule has 2 aromatic heterocycles. The predicted octanol–water partition coefficient (Wildman–Crippen LogP) is 3.30. The van der Waals surface area contributed by atoms with Crippen molar-refractivity contribution in [2.24, 2.45) is 0 Å². The summed E-state index contributed by atoms with van der Waals surface area (Å²) < 4.78 is 10.7. The van der Waals surface area contributed by atoms with Crippen LogP contribution in [-0.2, 0) is 4.74 Å². The van der Waals surface area contributed by atoms with E-state index in [1.165, 1.54) is 12.1 Å². The summed E-state index contributed by atoms with van der Waals surface area (Å²) in [6, 6.07) is 13.2. The van der Waals surface area contributed by atoms with Crippen molar-refractivity contribution in [3.8, 4) is 16.9 Å². The van der Waals surface area contributed by atoms with Crippen LogP contribution in [0.25, 0.3) is 33.0 Å². The molecule has 2 aromatic carbocycles. The number of para-hydroxylation sites is 1. The Morgan fingerprint density at radius 3 is 2.75 bits per heavy atom. The Kier molecular flexibility index (Phi) is 4.19. The number of hydrogen-bond acceptors (Lipinski definition) is 6. The molecule has 0 unspecified atom stereocenters. The van der Waals surface area contributed by atoms with Gasteiger partial charge < -0.3 is 19.2 Å². The summed E-state index contributed by atoms with van der Waals surface area (Å²) >= 11 is 0. The second kappa shape index (κ2) is 6.70. The predicted molar refractivity (Wildman–Crippen MR) is 103 cm³/mol. The lowest BCUT2D eigenvalue weighted by atomic mass is 9.96. The molecule has 0 aliphatic heterocycles. The number of ether oxygens (including phenoxy) is 1. The molecule has 28 heavy (non-hydrogen) atoms. The molecule has 0 fully saturated rings. The Hall–Kier alpha value is -3.87. The van der Waals surface area contributed by atoms with Crippen molar-refractivity contribution in [3.05, 3.63) is 70.0 Å². The van der Waals surface area contributed by atoms with Gasteiger partial charge in [-0.15, -0.1) is 0 Å². The maximum Gasteiger partial charge on any atom is 0.344 e. The summed E-state index contributed by atoms with van der Waals surface area (Å²) in [7, 11) is 0. The number of aromatic nitrogens is 1. The molecule has 2 heterocycles. The fourth-order valence-corrected chi connectivity index (χ4v) is 3.29. The van der Waals surface area contributed by atoms with Gasteiger partial charge in [0.2, 0.25) is 5.55 Å². The first kappa shape index (κ1) is 17.5. The largest absolute Gasteiger partial charge is 0.508 e. The van der Waals surface area contributed by atoms with Crippen LogP contribution in [0.3, 0.4) is 0 Å². The maximum absolute atomic E-state index is 12.9. The minimum Gasteiger partial charge on any atom is -0.508 e. The zero-order valence-electron chi connectivity index (χ0n) is 14.9. The van der Waals surface area contributed by atoms with Crippen LogP contribution in [0.15, 0.2) is 57.7 Å². The van der Waals surface area contributed by atoms with E-state index in [1.54, 1.807) is 43.3 Å². The third-order valence-corrected chi connectivity index (χ3v) is 4.42. The zero-order valence-corrected chi connectivity index (χ0v) is 14.9. The molecule has 0 saturated heterocycles. The van der Waals surface area contributed by atoms with Gasteiger partial charge in [-0.25, -0.2) is 4.79 Å². The Balaban J connectivity index is 2.26. The van der Waals surface area contributed by atoms with Gasteiger partial charge in [-0.2, -0.15) is 0 Å². The van der Waals surface area contributed by atoms with E-state index in [-0.39, 0.29) is 34.5 Å². The number of esters is 1. The van der Waals surface area contributed by atoms with Crippen molar-refractivity contribution in [2.45, 2.75) is 6.92 Å². The van der Waals surface area contributed by atoms with Crippen LogP contribution in [0.4, 0.5) is 0 Å². The Morgan fingerprint density at radius 2 is 2.00 bits per heavy atom. The van der Waals surface area contributed by atoms with Crippen molar-refractivity contribution in [1.29, 1.82) is 5.41 Å². The normalized spacial score (nSPS) is 11.0. The molecule has 4 rings (SSSR count). The van der Waals surface area contributed by atoms with Gasteiger partial charge in [-0.3, -0.25) is 10.2 Å². The van der Waals surface area contributed by atoms with E-state index < -0.39 is 17.1 Å². The minimum absolute atomic E-state index is 0.0370. The number of phenols is 1. The van der Waals surface area contributed by atoms with E-state index in [2.05, 4.69) is 4.98 Å². The van der Waals surface area contributed by atoms with Gasteiger partial charge in [0, 0.05) is 10.9 Å². The standard InChI is InChI=1S/C21H16N2O5/c1-2-27-21(26)17-15(11-6-5-7-12(24)10-11)16-18(28-19(17)22)13-8-3-4-9-14(13)23-20(16)25/h3-10,22,24H,2H2,1H3,(H,23,25). The molecule has 0 amide bonds. The van der Waals surface area contributed by atoms with E-state index >= 15 is 0 Å². The van der Waals surface area contributed by atoms with Crippen LogP contribution in [0.1, 0.15) is 17.3 Å². The van der Waals surface area contributed by atoms with Crippen LogP contribution in [0, 0.1) is 5.41 Å². The second-order valence-corrected chi connectivity index (χ2v) is 6.16. The number of carbonyl (C=O) groups excluding carboxylic acids is 1. The monoisotopic (exact) mass is 376 g/mol. The lowest BCUT2D eigenvalue weighted by molar-refractivity contribution is 0.0522. The van der Waals surface area contributed by atoms with Gasteiger partial charge in [0.15, 0.2) is 5.58 Å². The average Bonchev–Trinajstić information content (AvgIpc) is 2.67. The van der Waals surface area contributed by atoms with Crippen molar-refractivity contribution >= 4 is 27.8 Å². The van der Waals surface area contributed by atoms with Gasteiger partial charge >= 0.3 is 5.97 Å². The molecule has 0 saturated carbocycles.